The fourth-order valence-electron chi connectivity index (χ4n) is 1.75. The van der Waals surface area contributed by atoms with Crippen LogP contribution in [-0.4, -0.2) is 24.8 Å². The van der Waals surface area contributed by atoms with Crippen molar-refractivity contribution in [3.05, 3.63) is 30.6 Å². The van der Waals surface area contributed by atoms with Gasteiger partial charge in [-0.25, -0.2) is 0 Å². The molecule has 0 spiro atoms. The Morgan fingerprint density at radius 3 is 2.94 bits per heavy atom. The first kappa shape index (κ1) is 8.90. The molecule has 0 aliphatic carbocycles. The first-order chi connectivity index (χ1) is 7.75. The predicted octanol–water partition coefficient (Wildman–Crippen LogP) is 0.736. The molecule has 0 radical (unpaired) electrons. The highest BCUT2D eigenvalue weighted by molar-refractivity contribution is 5.88. The van der Waals surface area contributed by atoms with Crippen LogP contribution in [0.5, 0.6) is 0 Å². The lowest BCUT2D eigenvalue weighted by Crippen LogP contribution is -1.98. The van der Waals surface area contributed by atoms with Crippen LogP contribution < -0.4 is 5.73 Å². The van der Waals surface area contributed by atoms with E-state index in [2.05, 4.69) is 15.4 Å². The Balaban J connectivity index is 2.35. The van der Waals surface area contributed by atoms with E-state index in [9.17, 15) is 0 Å². The van der Waals surface area contributed by atoms with Crippen molar-refractivity contribution < 1.29 is 0 Å². The summed E-state index contributed by atoms with van der Waals surface area (Å²) in [5.41, 5.74) is 7.44. The summed E-state index contributed by atoms with van der Waals surface area (Å²) in [5.74, 6) is 0.759. The van der Waals surface area contributed by atoms with Crippen molar-refractivity contribution >= 4 is 16.6 Å². The van der Waals surface area contributed by atoms with E-state index in [1.165, 1.54) is 0 Å². The van der Waals surface area contributed by atoms with E-state index in [0.717, 1.165) is 22.4 Å². The van der Waals surface area contributed by atoms with E-state index >= 15 is 0 Å². The van der Waals surface area contributed by atoms with Gasteiger partial charge in [-0.15, -0.1) is 5.10 Å². The van der Waals surface area contributed by atoms with Crippen LogP contribution in [0.15, 0.2) is 30.6 Å². The van der Waals surface area contributed by atoms with Crippen LogP contribution in [0.3, 0.4) is 0 Å². The summed E-state index contributed by atoms with van der Waals surface area (Å²) in [7, 11) is 1.88. The van der Waals surface area contributed by atoms with E-state index in [4.69, 9.17) is 5.73 Å². The van der Waals surface area contributed by atoms with Gasteiger partial charge in [0.2, 0.25) is 0 Å². The van der Waals surface area contributed by atoms with Gasteiger partial charge < -0.3 is 5.73 Å². The molecular weight excluding hydrogens is 204 g/mol. The second kappa shape index (κ2) is 3.06. The molecule has 2 aromatic heterocycles. The van der Waals surface area contributed by atoms with Crippen molar-refractivity contribution in [3.8, 4) is 5.82 Å². The zero-order chi connectivity index (χ0) is 11.1. The van der Waals surface area contributed by atoms with Gasteiger partial charge in [0, 0.05) is 18.1 Å². The van der Waals surface area contributed by atoms with Gasteiger partial charge in [0.25, 0.3) is 0 Å². The number of nitrogen functional groups attached to an aromatic ring is 1. The van der Waals surface area contributed by atoms with Crippen molar-refractivity contribution in [1.29, 1.82) is 0 Å². The SMILES string of the molecule is Cn1nc(-n2ccnn2)c2ccc(N)cc21. The van der Waals surface area contributed by atoms with Gasteiger partial charge in [-0.3, -0.25) is 4.68 Å². The number of fused-ring (bicyclic) bond motifs is 1. The van der Waals surface area contributed by atoms with Crippen molar-refractivity contribution in [3.63, 3.8) is 0 Å². The highest BCUT2D eigenvalue weighted by Crippen LogP contribution is 2.22. The van der Waals surface area contributed by atoms with E-state index in [-0.39, 0.29) is 0 Å². The van der Waals surface area contributed by atoms with Gasteiger partial charge in [0.1, 0.15) is 0 Å². The smallest absolute Gasteiger partial charge is 0.184 e. The molecule has 0 aliphatic heterocycles. The van der Waals surface area contributed by atoms with Crippen molar-refractivity contribution in [1.82, 2.24) is 24.8 Å². The number of benzene rings is 1. The molecule has 80 valence electrons. The Morgan fingerprint density at radius 1 is 1.31 bits per heavy atom. The molecule has 2 heterocycles. The van der Waals surface area contributed by atoms with Crippen LogP contribution >= 0.6 is 0 Å². The molecule has 16 heavy (non-hydrogen) atoms. The summed E-state index contributed by atoms with van der Waals surface area (Å²) < 4.78 is 3.42. The molecule has 0 amide bonds. The molecule has 0 saturated heterocycles. The Morgan fingerprint density at radius 2 is 2.19 bits per heavy atom. The third-order valence-electron chi connectivity index (χ3n) is 2.50. The third-order valence-corrected chi connectivity index (χ3v) is 2.50. The summed E-state index contributed by atoms with van der Waals surface area (Å²) in [6, 6.07) is 5.68. The van der Waals surface area contributed by atoms with Crippen LogP contribution in [0.4, 0.5) is 5.69 Å². The summed E-state index contributed by atoms with van der Waals surface area (Å²) in [4.78, 5) is 0. The van der Waals surface area contributed by atoms with Gasteiger partial charge in [-0.1, -0.05) is 5.21 Å². The van der Waals surface area contributed by atoms with Gasteiger partial charge in [0.15, 0.2) is 5.82 Å². The molecule has 0 atom stereocenters. The maximum absolute atomic E-state index is 5.74. The Hall–Kier alpha value is -2.37. The normalized spacial score (nSPS) is 11.1. The summed E-state index contributed by atoms with van der Waals surface area (Å²) in [5, 5.41) is 13.1. The second-order valence-corrected chi connectivity index (χ2v) is 3.57. The lowest BCUT2D eigenvalue weighted by atomic mass is 10.2. The minimum atomic E-state index is 0.723. The van der Waals surface area contributed by atoms with Crippen LogP contribution in [0.2, 0.25) is 0 Å². The molecular formula is C10H10N6. The molecule has 0 aliphatic rings. The molecule has 6 nitrogen and oxygen atoms in total. The average molecular weight is 214 g/mol. The van der Waals surface area contributed by atoms with Crippen molar-refractivity contribution in [2.24, 2.45) is 7.05 Å². The lowest BCUT2D eigenvalue weighted by molar-refractivity contribution is 0.728. The predicted molar refractivity (Wildman–Crippen MR) is 60.0 cm³/mol. The molecule has 0 bridgehead atoms. The number of anilines is 1. The number of nitrogens with zero attached hydrogens (tertiary/aromatic N) is 5. The molecule has 0 saturated carbocycles. The Kier molecular flexibility index (Phi) is 1.70. The largest absolute Gasteiger partial charge is 0.399 e. The standard InChI is InChI=1S/C10H10N6/c1-15-9-6-7(11)2-3-8(9)10(13-15)16-5-4-12-14-16/h2-6H,11H2,1H3. The fourth-order valence-corrected chi connectivity index (χ4v) is 1.75. The van der Waals surface area contributed by atoms with Crippen molar-refractivity contribution in [2.45, 2.75) is 0 Å². The number of rotatable bonds is 1. The first-order valence-electron chi connectivity index (χ1n) is 4.84. The highest BCUT2D eigenvalue weighted by Gasteiger charge is 2.10. The monoisotopic (exact) mass is 214 g/mol. The zero-order valence-electron chi connectivity index (χ0n) is 8.70. The van der Waals surface area contributed by atoms with Crippen LogP contribution in [0.1, 0.15) is 0 Å². The molecule has 3 rings (SSSR count). The Bertz CT molecular complexity index is 637. The van der Waals surface area contributed by atoms with Gasteiger partial charge in [0.05, 0.1) is 17.9 Å². The van der Waals surface area contributed by atoms with E-state index in [0.29, 0.717) is 0 Å². The summed E-state index contributed by atoms with van der Waals surface area (Å²) in [6.45, 7) is 0. The van der Waals surface area contributed by atoms with E-state index < -0.39 is 0 Å². The minimum absolute atomic E-state index is 0.723. The van der Waals surface area contributed by atoms with Gasteiger partial charge in [-0.05, 0) is 18.2 Å². The van der Waals surface area contributed by atoms with Crippen molar-refractivity contribution in [2.75, 3.05) is 5.73 Å². The number of aromatic nitrogens is 5. The molecule has 3 aromatic rings. The molecule has 0 unspecified atom stereocenters. The van der Waals surface area contributed by atoms with Crippen LogP contribution in [0.25, 0.3) is 16.7 Å². The third kappa shape index (κ3) is 1.16. The summed E-state index contributed by atoms with van der Waals surface area (Å²) in [6.07, 6.45) is 3.38. The number of hydrogen-bond acceptors (Lipinski definition) is 4. The van der Waals surface area contributed by atoms with Crippen LogP contribution in [-0.2, 0) is 7.05 Å². The molecule has 1 aromatic carbocycles. The first-order valence-corrected chi connectivity index (χ1v) is 4.84. The topological polar surface area (TPSA) is 74.5 Å². The van der Waals surface area contributed by atoms with E-state index in [1.807, 2.05) is 25.2 Å². The zero-order valence-corrected chi connectivity index (χ0v) is 8.70. The Labute approximate surface area is 91.3 Å². The molecule has 2 N–H and O–H groups in total. The molecule has 6 heteroatoms. The quantitative estimate of drug-likeness (QED) is 0.606. The van der Waals surface area contributed by atoms with Crippen LogP contribution in [0, 0.1) is 0 Å². The maximum atomic E-state index is 5.74. The number of aryl methyl sites for hydroxylation is 1. The average Bonchev–Trinajstić information content (AvgIpc) is 2.87. The highest BCUT2D eigenvalue weighted by atomic mass is 15.5. The van der Waals surface area contributed by atoms with Gasteiger partial charge >= 0.3 is 0 Å². The maximum Gasteiger partial charge on any atom is 0.184 e. The summed E-state index contributed by atoms with van der Waals surface area (Å²) >= 11 is 0. The molecule has 0 fully saturated rings. The minimum Gasteiger partial charge on any atom is -0.399 e. The lowest BCUT2D eigenvalue weighted by Gasteiger charge is -1.96. The van der Waals surface area contributed by atoms with E-state index in [1.54, 1.807) is 21.8 Å². The van der Waals surface area contributed by atoms with Gasteiger partial charge in [-0.2, -0.15) is 9.78 Å². The fraction of sp³-hybridized carbons (Fsp3) is 0.100. The number of nitrogens with two attached hydrogens (primary N) is 1. The number of hydrogen-bond donors (Lipinski definition) is 1. The second-order valence-electron chi connectivity index (χ2n) is 3.57.